The van der Waals surface area contributed by atoms with Gasteiger partial charge in [0.2, 0.25) is 5.95 Å². The fraction of sp³-hybridized carbons (Fsp3) is 0.625. The molecule has 2 aromatic heterocycles. The molecule has 0 aliphatic heterocycles. The number of ether oxygens (including phenoxy) is 1. The molecular formula is C24H35N7O. The lowest BCUT2D eigenvalue weighted by atomic mass is 9.93. The number of nitrogens with zero attached hydrogens (tertiary/aromatic N) is 5. The SMILES string of the molecule is CCC(COC)NC1CCC(=Nc2cc(-c3ccnc(NCC4(C)CC4)n3)ncn2)CC1. The molecule has 2 heterocycles. The second kappa shape index (κ2) is 10.4. The predicted molar refractivity (Wildman–Crippen MR) is 127 cm³/mol. The van der Waals surface area contributed by atoms with E-state index in [9.17, 15) is 0 Å². The van der Waals surface area contributed by atoms with E-state index < -0.39 is 0 Å². The molecule has 0 aromatic carbocycles. The minimum absolute atomic E-state index is 0.396. The van der Waals surface area contributed by atoms with Crippen molar-refractivity contribution in [1.82, 2.24) is 25.3 Å². The predicted octanol–water partition coefficient (Wildman–Crippen LogP) is 4.18. The standard InChI is InChI=1S/C24H35N7O/c1-4-17(14-32-3)29-18-5-7-19(8-6-18)30-22-13-21(27-16-28-22)20-9-12-25-23(31-20)26-15-24(2)10-11-24/h9,12-13,16-18,29H,4-8,10-11,14-15H2,1-3H3,(H,25,26,31). The van der Waals surface area contributed by atoms with Crippen LogP contribution in [0.25, 0.3) is 11.4 Å². The van der Waals surface area contributed by atoms with Crippen LogP contribution in [0.1, 0.15) is 58.8 Å². The van der Waals surface area contributed by atoms with E-state index in [1.807, 2.05) is 12.1 Å². The Morgan fingerprint density at radius 1 is 1.19 bits per heavy atom. The van der Waals surface area contributed by atoms with Crippen molar-refractivity contribution in [3.8, 4) is 11.4 Å². The number of rotatable bonds is 10. The van der Waals surface area contributed by atoms with E-state index in [0.717, 1.165) is 56.6 Å². The van der Waals surface area contributed by atoms with Crippen LogP contribution < -0.4 is 10.6 Å². The Kier molecular flexibility index (Phi) is 7.42. The maximum Gasteiger partial charge on any atom is 0.223 e. The van der Waals surface area contributed by atoms with Gasteiger partial charge in [0.1, 0.15) is 6.33 Å². The summed E-state index contributed by atoms with van der Waals surface area (Å²) >= 11 is 0. The Labute approximate surface area is 190 Å². The smallest absolute Gasteiger partial charge is 0.223 e. The number of aromatic nitrogens is 4. The molecule has 0 spiro atoms. The van der Waals surface area contributed by atoms with E-state index in [-0.39, 0.29) is 0 Å². The van der Waals surface area contributed by atoms with Crippen molar-refractivity contribution in [2.24, 2.45) is 10.4 Å². The Hall–Kier alpha value is -2.45. The average molecular weight is 438 g/mol. The Balaban J connectivity index is 1.37. The second-order valence-electron chi connectivity index (χ2n) is 9.37. The minimum atomic E-state index is 0.396. The number of nitrogens with one attached hydrogen (secondary N) is 2. The fourth-order valence-corrected chi connectivity index (χ4v) is 4.03. The molecule has 1 atom stereocenters. The largest absolute Gasteiger partial charge is 0.383 e. The zero-order chi connectivity index (χ0) is 22.4. The molecule has 0 saturated heterocycles. The van der Waals surface area contributed by atoms with E-state index in [0.29, 0.717) is 29.3 Å². The number of methoxy groups -OCH3 is 1. The van der Waals surface area contributed by atoms with Crippen LogP contribution in [0.2, 0.25) is 0 Å². The molecule has 172 valence electrons. The molecule has 2 aromatic rings. The minimum Gasteiger partial charge on any atom is -0.383 e. The molecule has 2 saturated carbocycles. The van der Waals surface area contributed by atoms with Crippen LogP contribution in [0.5, 0.6) is 0 Å². The van der Waals surface area contributed by atoms with Crippen LogP contribution in [0.3, 0.4) is 0 Å². The number of hydrogen-bond acceptors (Lipinski definition) is 8. The third-order valence-corrected chi connectivity index (χ3v) is 6.51. The van der Waals surface area contributed by atoms with Gasteiger partial charge in [-0.15, -0.1) is 0 Å². The molecule has 32 heavy (non-hydrogen) atoms. The van der Waals surface area contributed by atoms with Crippen LogP contribution in [0.4, 0.5) is 11.8 Å². The first kappa shape index (κ1) is 22.7. The average Bonchev–Trinajstić information content (AvgIpc) is 3.56. The van der Waals surface area contributed by atoms with Gasteiger partial charge < -0.3 is 15.4 Å². The lowest BCUT2D eigenvalue weighted by Gasteiger charge is -2.28. The van der Waals surface area contributed by atoms with Crippen LogP contribution in [0.15, 0.2) is 29.6 Å². The van der Waals surface area contributed by atoms with Crippen LogP contribution in [0, 0.1) is 5.41 Å². The molecule has 2 N–H and O–H groups in total. The summed E-state index contributed by atoms with van der Waals surface area (Å²) in [7, 11) is 1.76. The third-order valence-electron chi connectivity index (χ3n) is 6.51. The summed E-state index contributed by atoms with van der Waals surface area (Å²) in [5, 5.41) is 7.08. The van der Waals surface area contributed by atoms with Gasteiger partial charge in [0, 0.05) is 43.7 Å². The van der Waals surface area contributed by atoms with Crippen molar-refractivity contribution in [3.05, 3.63) is 24.7 Å². The molecule has 8 nitrogen and oxygen atoms in total. The highest BCUT2D eigenvalue weighted by molar-refractivity contribution is 5.87. The Morgan fingerprint density at radius 3 is 2.72 bits per heavy atom. The summed E-state index contributed by atoms with van der Waals surface area (Å²) < 4.78 is 5.31. The van der Waals surface area contributed by atoms with Gasteiger partial charge in [0.15, 0.2) is 5.82 Å². The first-order chi connectivity index (χ1) is 15.6. The Bertz CT molecular complexity index is 918. The normalized spacial score (nSPS) is 20.6. The molecule has 2 fully saturated rings. The fourth-order valence-electron chi connectivity index (χ4n) is 4.03. The van der Waals surface area contributed by atoms with Crippen molar-refractivity contribution in [1.29, 1.82) is 0 Å². The van der Waals surface area contributed by atoms with Crippen LogP contribution in [-0.2, 0) is 4.74 Å². The van der Waals surface area contributed by atoms with Crippen molar-refractivity contribution in [2.45, 2.75) is 70.9 Å². The molecule has 1 unspecified atom stereocenters. The van der Waals surface area contributed by atoms with Gasteiger partial charge in [-0.25, -0.2) is 24.9 Å². The van der Waals surface area contributed by atoms with Gasteiger partial charge >= 0.3 is 0 Å². The van der Waals surface area contributed by atoms with Crippen molar-refractivity contribution in [3.63, 3.8) is 0 Å². The van der Waals surface area contributed by atoms with Gasteiger partial charge in [-0.3, -0.25) is 0 Å². The number of aliphatic imine (C=N–C) groups is 1. The van der Waals surface area contributed by atoms with Crippen molar-refractivity contribution in [2.75, 3.05) is 25.6 Å². The maximum absolute atomic E-state index is 5.31. The summed E-state index contributed by atoms with van der Waals surface area (Å²) in [6.07, 6.45) is 11.1. The summed E-state index contributed by atoms with van der Waals surface area (Å²) in [5.41, 5.74) is 3.15. The molecular weight excluding hydrogens is 402 g/mol. The molecule has 8 heteroatoms. The topological polar surface area (TPSA) is 97.2 Å². The molecule has 0 radical (unpaired) electrons. The lowest BCUT2D eigenvalue weighted by Crippen LogP contribution is -2.42. The van der Waals surface area contributed by atoms with E-state index in [4.69, 9.17) is 9.73 Å². The number of hydrogen-bond donors (Lipinski definition) is 2. The molecule has 2 aliphatic carbocycles. The third kappa shape index (κ3) is 6.29. The summed E-state index contributed by atoms with van der Waals surface area (Å²) in [6.45, 7) is 6.14. The van der Waals surface area contributed by atoms with E-state index in [1.54, 1.807) is 19.6 Å². The van der Waals surface area contributed by atoms with Gasteiger partial charge in [-0.2, -0.15) is 0 Å². The zero-order valence-electron chi connectivity index (χ0n) is 19.5. The van der Waals surface area contributed by atoms with Crippen LogP contribution in [-0.4, -0.2) is 58.0 Å². The number of anilines is 1. The first-order valence-corrected chi connectivity index (χ1v) is 11.8. The van der Waals surface area contributed by atoms with Crippen LogP contribution >= 0.6 is 0 Å². The molecule has 4 rings (SSSR count). The Morgan fingerprint density at radius 2 is 2.00 bits per heavy atom. The summed E-state index contributed by atoms with van der Waals surface area (Å²) in [4.78, 5) is 22.6. The van der Waals surface area contributed by atoms with Crippen molar-refractivity contribution >= 4 is 17.5 Å². The monoisotopic (exact) mass is 437 g/mol. The summed E-state index contributed by atoms with van der Waals surface area (Å²) in [6, 6.07) is 4.74. The van der Waals surface area contributed by atoms with Gasteiger partial charge in [0.05, 0.1) is 18.0 Å². The quantitative estimate of drug-likeness (QED) is 0.575. The van der Waals surface area contributed by atoms with Gasteiger partial charge in [-0.05, 0) is 56.4 Å². The van der Waals surface area contributed by atoms with Gasteiger partial charge in [-0.1, -0.05) is 13.8 Å². The van der Waals surface area contributed by atoms with E-state index in [2.05, 4.69) is 44.4 Å². The van der Waals surface area contributed by atoms with E-state index >= 15 is 0 Å². The first-order valence-electron chi connectivity index (χ1n) is 11.8. The molecule has 2 aliphatic rings. The zero-order valence-corrected chi connectivity index (χ0v) is 19.5. The highest BCUT2D eigenvalue weighted by atomic mass is 16.5. The second-order valence-corrected chi connectivity index (χ2v) is 9.37. The summed E-state index contributed by atoms with van der Waals surface area (Å²) in [5.74, 6) is 1.34. The molecule has 0 bridgehead atoms. The van der Waals surface area contributed by atoms with Crippen molar-refractivity contribution < 1.29 is 4.74 Å². The maximum atomic E-state index is 5.31. The van der Waals surface area contributed by atoms with Gasteiger partial charge in [0.25, 0.3) is 0 Å². The van der Waals surface area contributed by atoms with E-state index in [1.165, 1.54) is 18.6 Å². The lowest BCUT2D eigenvalue weighted by molar-refractivity contribution is 0.156. The highest BCUT2D eigenvalue weighted by Gasteiger charge is 2.36. The highest BCUT2D eigenvalue weighted by Crippen LogP contribution is 2.44. The molecule has 0 amide bonds.